The molecule has 1 rings (SSSR count). The van der Waals surface area contributed by atoms with Crippen molar-refractivity contribution in [3.05, 3.63) is 42.2 Å². The zero-order valence-electron chi connectivity index (χ0n) is 11.5. The number of pyridine rings is 1. The predicted octanol–water partition coefficient (Wildman–Crippen LogP) is 1.43. The molecule has 0 aliphatic rings. The van der Waals surface area contributed by atoms with Gasteiger partial charge in [0.15, 0.2) is 0 Å². The Hall–Kier alpha value is -2.37. The Labute approximate surface area is 118 Å². The van der Waals surface area contributed by atoms with E-state index in [1.165, 1.54) is 11.0 Å². The minimum absolute atomic E-state index is 0.182. The molecule has 0 saturated heterocycles. The first kappa shape index (κ1) is 15.7. The SMILES string of the molecule is C=CCN(CC(=O)O)C(=O)NCc1ncccc1CC. The van der Waals surface area contributed by atoms with Crippen LogP contribution in [0.3, 0.4) is 0 Å². The molecule has 0 atom stereocenters. The lowest BCUT2D eigenvalue weighted by Gasteiger charge is -2.19. The third kappa shape index (κ3) is 4.72. The second-order valence-electron chi connectivity index (χ2n) is 4.18. The van der Waals surface area contributed by atoms with E-state index in [2.05, 4.69) is 16.9 Å². The number of urea groups is 1. The van der Waals surface area contributed by atoms with Crippen molar-refractivity contribution in [1.29, 1.82) is 0 Å². The van der Waals surface area contributed by atoms with Gasteiger partial charge in [-0.3, -0.25) is 9.78 Å². The number of amides is 2. The second-order valence-corrected chi connectivity index (χ2v) is 4.18. The van der Waals surface area contributed by atoms with Crippen LogP contribution in [0.2, 0.25) is 0 Å². The molecule has 6 nitrogen and oxygen atoms in total. The highest BCUT2D eigenvalue weighted by Gasteiger charge is 2.15. The Morgan fingerprint density at radius 1 is 1.55 bits per heavy atom. The standard InChI is InChI=1S/C14H19N3O3/c1-3-8-17(10-13(18)19)14(20)16-9-12-11(4-2)6-5-7-15-12/h3,5-7H,1,4,8-10H2,2H3,(H,16,20)(H,18,19). The van der Waals surface area contributed by atoms with Crippen LogP contribution in [0.15, 0.2) is 31.0 Å². The van der Waals surface area contributed by atoms with E-state index >= 15 is 0 Å². The monoisotopic (exact) mass is 277 g/mol. The van der Waals surface area contributed by atoms with Crippen molar-refractivity contribution >= 4 is 12.0 Å². The van der Waals surface area contributed by atoms with Crippen LogP contribution < -0.4 is 5.32 Å². The first-order valence-corrected chi connectivity index (χ1v) is 6.36. The van der Waals surface area contributed by atoms with Crippen LogP contribution in [0, 0.1) is 0 Å². The summed E-state index contributed by atoms with van der Waals surface area (Å²) in [4.78, 5) is 28.0. The van der Waals surface area contributed by atoms with Gasteiger partial charge in [-0.05, 0) is 18.1 Å². The summed E-state index contributed by atoms with van der Waals surface area (Å²) in [5, 5.41) is 11.4. The number of nitrogens with zero attached hydrogens (tertiary/aromatic N) is 2. The average Bonchev–Trinajstić information content (AvgIpc) is 2.44. The number of aromatic nitrogens is 1. The van der Waals surface area contributed by atoms with Gasteiger partial charge < -0.3 is 15.3 Å². The summed E-state index contributed by atoms with van der Waals surface area (Å²) in [7, 11) is 0. The fourth-order valence-electron chi connectivity index (χ4n) is 1.76. The molecule has 0 bridgehead atoms. The highest BCUT2D eigenvalue weighted by Crippen LogP contribution is 2.05. The van der Waals surface area contributed by atoms with Crippen molar-refractivity contribution in [2.75, 3.05) is 13.1 Å². The maximum absolute atomic E-state index is 11.9. The second kappa shape index (κ2) is 7.93. The third-order valence-electron chi connectivity index (χ3n) is 2.74. The number of hydrogen-bond acceptors (Lipinski definition) is 3. The summed E-state index contributed by atoms with van der Waals surface area (Å²) in [5.74, 6) is -1.06. The molecule has 1 aromatic rings. The zero-order chi connectivity index (χ0) is 15.0. The minimum atomic E-state index is -1.06. The molecular formula is C14H19N3O3. The molecule has 0 aromatic carbocycles. The van der Waals surface area contributed by atoms with E-state index in [9.17, 15) is 9.59 Å². The van der Waals surface area contributed by atoms with E-state index in [1.54, 1.807) is 6.20 Å². The number of carboxylic acid groups (broad SMARTS) is 1. The maximum Gasteiger partial charge on any atom is 0.323 e. The molecule has 0 unspecified atom stereocenters. The number of carboxylic acids is 1. The number of carbonyl (C=O) groups is 2. The summed E-state index contributed by atoms with van der Waals surface area (Å²) in [6, 6.07) is 3.35. The Morgan fingerprint density at radius 2 is 2.30 bits per heavy atom. The Morgan fingerprint density at radius 3 is 2.90 bits per heavy atom. The van der Waals surface area contributed by atoms with Gasteiger partial charge in [0.05, 0.1) is 12.2 Å². The van der Waals surface area contributed by atoms with Crippen molar-refractivity contribution < 1.29 is 14.7 Å². The van der Waals surface area contributed by atoms with Gasteiger partial charge in [0.25, 0.3) is 0 Å². The zero-order valence-corrected chi connectivity index (χ0v) is 11.5. The average molecular weight is 277 g/mol. The summed E-state index contributed by atoms with van der Waals surface area (Å²) in [5.41, 5.74) is 1.85. The maximum atomic E-state index is 11.9. The highest BCUT2D eigenvalue weighted by atomic mass is 16.4. The van der Waals surface area contributed by atoms with Gasteiger partial charge in [-0.25, -0.2) is 4.79 Å². The quantitative estimate of drug-likeness (QED) is 0.738. The van der Waals surface area contributed by atoms with E-state index in [-0.39, 0.29) is 19.6 Å². The van der Waals surface area contributed by atoms with E-state index in [4.69, 9.17) is 5.11 Å². The Kier molecular flexibility index (Phi) is 6.22. The van der Waals surface area contributed by atoms with Crippen molar-refractivity contribution in [3.8, 4) is 0 Å². The number of rotatable bonds is 7. The molecular weight excluding hydrogens is 258 g/mol. The third-order valence-corrected chi connectivity index (χ3v) is 2.74. The van der Waals surface area contributed by atoms with Gasteiger partial charge in [0.2, 0.25) is 0 Å². The number of carbonyl (C=O) groups excluding carboxylic acids is 1. The summed E-state index contributed by atoms with van der Waals surface area (Å²) >= 11 is 0. The van der Waals surface area contributed by atoms with Crippen molar-refractivity contribution in [1.82, 2.24) is 15.2 Å². The molecule has 20 heavy (non-hydrogen) atoms. The molecule has 2 amide bonds. The molecule has 108 valence electrons. The van der Waals surface area contributed by atoms with E-state index in [0.717, 1.165) is 17.7 Å². The van der Waals surface area contributed by atoms with Gasteiger partial charge in [0, 0.05) is 12.7 Å². The lowest BCUT2D eigenvalue weighted by Crippen LogP contribution is -2.42. The predicted molar refractivity (Wildman–Crippen MR) is 75.3 cm³/mol. The van der Waals surface area contributed by atoms with E-state index < -0.39 is 12.0 Å². The van der Waals surface area contributed by atoms with Crippen molar-refractivity contribution in [2.45, 2.75) is 19.9 Å². The highest BCUT2D eigenvalue weighted by molar-refractivity contribution is 5.80. The van der Waals surface area contributed by atoms with Gasteiger partial charge >= 0.3 is 12.0 Å². The fourth-order valence-corrected chi connectivity index (χ4v) is 1.76. The Bertz CT molecular complexity index is 488. The Balaban J connectivity index is 2.64. The van der Waals surface area contributed by atoms with E-state index in [1.807, 2.05) is 19.1 Å². The summed E-state index contributed by atoms with van der Waals surface area (Å²) in [6.45, 7) is 5.61. The minimum Gasteiger partial charge on any atom is -0.480 e. The smallest absolute Gasteiger partial charge is 0.323 e. The van der Waals surface area contributed by atoms with Gasteiger partial charge in [-0.2, -0.15) is 0 Å². The molecule has 0 radical (unpaired) electrons. The molecule has 0 aliphatic heterocycles. The first-order chi connectivity index (χ1) is 9.58. The van der Waals surface area contributed by atoms with Crippen molar-refractivity contribution in [2.24, 2.45) is 0 Å². The van der Waals surface area contributed by atoms with Gasteiger partial charge in [0.1, 0.15) is 6.54 Å². The van der Waals surface area contributed by atoms with Crippen LogP contribution in [0.1, 0.15) is 18.2 Å². The molecule has 6 heteroatoms. The number of aryl methyl sites for hydroxylation is 1. The largest absolute Gasteiger partial charge is 0.480 e. The molecule has 2 N–H and O–H groups in total. The topological polar surface area (TPSA) is 82.5 Å². The number of aliphatic carboxylic acids is 1. The van der Waals surface area contributed by atoms with Gasteiger partial charge in [-0.1, -0.05) is 19.1 Å². The molecule has 1 heterocycles. The number of hydrogen-bond donors (Lipinski definition) is 2. The molecule has 0 spiro atoms. The lowest BCUT2D eigenvalue weighted by molar-refractivity contribution is -0.137. The van der Waals surface area contributed by atoms with Crippen LogP contribution in [0.5, 0.6) is 0 Å². The summed E-state index contributed by atoms with van der Waals surface area (Å²) in [6.07, 6.45) is 3.98. The summed E-state index contributed by atoms with van der Waals surface area (Å²) < 4.78 is 0. The molecule has 0 saturated carbocycles. The number of nitrogens with one attached hydrogen (secondary N) is 1. The van der Waals surface area contributed by atoms with Crippen LogP contribution in [-0.4, -0.2) is 40.1 Å². The lowest BCUT2D eigenvalue weighted by atomic mass is 10.1. The first-order valence-electron chi connectivity index (χ1n) is 6.36. The normalized spacial score (nSPS) is 9.85. The molecule has 0 aliphatic carbocycles. The van der Waals surface area contributed by atoms with Crippen LogP contribution >= 0.6 is 0 Å². The van der Waals surface area contributed by atoms with Crippen LogP contribution in [0.4, 0.5) is 4.79 Å². The molecule has 1 aromatic heterocycles. The van der Waals surface area contributed by atoms with Crippen LogP contribution in [-0.2, 0) is 17.8 Å². The van der Waals surface area contributed by atoms with Crippen molar-refractivity contribution in [3.63, 3.8) is 0 Å². The van der Waals surface area contributed by atoms with Gasteiger partial charge in [-0.15, -0.1) is 6.58 Å². The van der Waals surface area contributed by atoms with Crippen LogP contribution in [0.25, 0.3) is 0 Å². The molecule has 0 fully saturated rings. The van der Waals surface area contributed by atoms with E-state index in [0.29, 0.717) is 0 Å². The fraction of sp³-hybridized carbons (Fsp3) is 0.357.